The predicted molar refractivity (Wildman–Crippen MR) is 139 cm³/mol. The number of benzene rings is 2. The molecule has 0 fully saturated rings. The van der Waals surface area contributed by atoms with E-state index >= 15 is 0 Å². The second kappa shape index (κ2) is 11.3. The fourth-order valence-corrected chi connectivity index (χ4v) is 4.25. The molecule has 0 saturated carbocycles. The average molecular weight is 539 g/mol. The highest BCUT2D eigenvalue weighted by molar-refractivity contribution is 6.32. The molecule has 3 aromatic rings. The number of amides is 2. The Balaban J connectivity index is 1.51. The largest absolute Gasteiger partial charge is 0.462 e. The Hall–Kier alpha value is -4.51. The molecule has 38 heavy (non-hydrogen) atoms. The Morgan fingerprint density at radius 2 is 1.82 bits per heavy atom. The number of ether oxygens (including phenoxy) is 1. The molecular weight excluding hydrogens is 516 g/mol. The fourth-order valence-electron chi connectivity index (χ4n) is 4.07. The third kappa shape index (κ3) is 5.57. The van der Waals surface area contributed by atoms with Crippen molar-refractivity contribution >= 4 is 46.5 Å². The van der Waals surface area contributed by atoms with Gasteiger partial charge in [-0.25, -0.2) is 10.2 Å². The molecule has 1 aliphatic carbocycles. The van der Waals surface area contributed by atoms with Gasteiger partial charge in [0.15, 0.2) is 5.76 Å². The first-order chi connectivity index (χ1) is 18.2. The van der Waals surface area contributed by atoms with Crippen LogP contribution in [0, 0.1) is 17.0 Å². The summed E-state index contributed by atoms with van der Waals surface area (Å²) < 4.78 is 10.8. The number of furan rings is 1. The maximum atomic E-state index is 13.0. The third-order valence-corrected chi connectivity index (χ3v) is 6.20. The summed E-state index contributed by atoms with van der Waals surface area (Å²) in [4.78, 5) is 47.8. The summed E-state index contributed by atoms with van der Waals surface area (Å²) in [5.41, 5.74) is 4.64. The van der Waals surface area contributed by atoms with Crippen LogP contribution in [0.25, 0.3) is 0 Å². The highest BCUT2D eigenvalue weighted by atomic mass is 35.5. The van der Waals surface area contributed by atoms with E-state index in [0.717, 1.165) is 6.07 Å². The number of carbonyl (C=O) groups is 3. The van der Waals surface area contributed by atoms with E-state index in [9.17, 15) is 24.5 Å². The van der Waals surface area contributed by atoms with E-state index in [4.69, 9.17) is 20.8 Å². The van der Waals surface area contributed by atoms with E-state index in [-0.39, 0.29) is 28.6 Å². The first-order valence-electron chi connectivity index (χ1n) is 11.7. The van der Waals surface area contributed by atoms with Gasteiger partial charge in [-0.3, -0.25) is 19.7 Å². The first-order valence-corrected chi connectivity index (χ1v) is 12.1. The van der Waals surface area contributed by atoms with Crippen LogP contribution >= 0.6 is 11.6 Å². The van der Waals surface area contributed by atoms with Gasteiger partial charge in [-0.2, -0.15) is 5.10 Å². The maximum absolute atomic E-state index is 13.0. The molecule has 2 amide bonds. The van der Waals surface area contributed by atoms with Gasteiger partial charge in [0.05, 0.1) is 22.8 Å². The number of nitro benzene ring substituents is 1. The lowest BCUT2D eigenvalue weighted by molar-refractivity contribution is -0.384. The van der Waals surface area contributed by atoms with Gasteiger partial charge in [-0.15, -0.1) is 0 Å². The van der Waals surface area contributed by atoms with Crippen LogP contribution in [-0.4, -0.2) is 35.0 Å². The molecule has 0 radical (unpaired) electrons. The van der Waals surface area contributed by atoms with Crippen LogP contribution in [0.2, 0.25) is 5.02 Å². The molecular formula is C26H23ClN4O7. The number of nitrogens with zero attached hydrogens (tertiary/aromatic N) is 2. The summed E-state index contributed by atoms with van der Waals surface area (Å²) in [6, 6.07) is 10.00. The van der Waals surface area contributed by atoms with Crippen molar-refractivity contribution in [2.75, 3.05) is 11.9 Å². The molecule has 1 aliphatic rings. The number of halogens is 1. The standard InChI is InChI=1S/C26H23ClN4O7/c1-3-37-26(34)15-7-10-17(11-8-15)28-25(33)23-14(2)22-19(5-4-6-21(22)38-23)29-30-24(32)16-9-12-18(27)20(13-16)31(35)36/h7-13H,3-6H2,1-2H3,(H,28,33)(H,30,32)/b29-19+. The molecule has 1 aromatic heterocycles. The molecule has 4 rings (SSSR count). The highest BCUT2D eigenvalue weighted by Gasteiger charge is 2.28. The van der Waals surface area contributed by atoms with Crippen molar-refractivity contribution in [2.45, 2.75) is 33.1 Å². The van der Waals surface area contributed by atoms with E-state index in [0.29, 0.717) is 53.1 Å². The second-order valence-electron chi connectivity index (χ2n) is 8.38. The van der Waals surface area contributed by atoms with Crippen molar-refractivity contribution in [3.63, 3.8) is 0 Å². The van der Waals surface area contributed by atoms with Gasteiger partial charge < -0.3 is 14.5 Å². The smallest absolute Gasteiger partial charge is 0.338 e. The molecule has 0 spiro atoms. The summed E-state index contributed by atoms with van der Waals surface area (Å²) in [7, 11) is 0. The van der Waals surface area contributed by atoms with Gasteiger partial charge in [0.2, 0.25) is 0 Å². The van der Waals surface area contributed by atoms with Crippen molar-refractivity contribution in [1.29, 1.82) is 0 Å². The van der Waals surface area contributed by atoms with Gasteiger partial charge in [0.1, 0.15) is 10.8 Å². The van der Waals surface area contributed by atoms with Gasteiger partial charge in [0, 0.05) is 34.9 Å². The van der Waals surface area contributed by atoms with Crippen molar-refractivity contribution < 1.29 is 28.5 Å². The lowest BCUT2D eigenvalue weighted by atomic mass is 9.93. The number of aryl methyl sites for hydroxylation is 1. The molecule has 196 valence electrons. The molecule has 1 heterocycles. The Labute approximate surface area is 222 Å². The van der Waals surface area contributed by atoms with Gasteiger partial charge in [-0.1, -0.05) is 11.6 Å². The third-order valence-electron chi connectivity index (χ3n) is 5.88. The van der Waals surface area contributed by atoms with Crippen molar-refractivity contribution in [3.05, 3.63) is 91.4 Å². The van der Waals surface area contributed by atoms with Gasteiger partial charge in [0.25, 0.3) is 17.5 Å². The topological polar surface area (TPSA) is 153 Å². The Morgan fingerprint density at radius 1 is 1.11 bits per heavy atom. The number of hydrogen-bond acceptors (Lipinski definition) is 8. The van der Waals surface area contributed by atoms with Gasteiger partial charge >= 0.3 is 5.97 Å². The summed E-state index contributed by atoms with van der Waals surface area (Å²) in [6.45, 7) is 3.71. The minimum atomic E-state index is -0.672. The Morgan fingerprint density at radius 3 is 2.50 bits per heavy atom. The summed E-state index contributed by atoms with van der Waals surface area (Å²) in [5, 5.41) is 18.0. The first kappa shape index (κ1) is 26.6. The van der Waals surface area contributed by atoms with E-state index in [2.05, 4.69) is 15.8 Å². The molecule has 0 atom stereocenters. The SMILES string of the molecule is CCOC(=O)c1ccc(NC(=O)c2oc3c(c2C)/C(=N/NC(=O)c2ccc(Cl)c([N+](=O)[O-])c2)CCC3)cc1. The number of carbonyl (C=O) groups excluding carboxylic acids is 3. The molecule has 0 unspecified atom stereocenters. The monoisotopic (exact) mass is 538 g/mol. The molecule has 11 nitrogen and oxygen atoms in total. The quantitative estimate of drug-likeness (QED) is 0.242. The molecule has 2 N–H and O–H groups in total. The van der Waals surface area contributed by atoms with E-state index < -0.39 is 22.7 Å². The molecule has 12 heteroatoms. The lowest BCUT2D eigenvalue weighted by Gasteiger charge is -2.13. The molecule has 0 bridgehead atoms. The zero-order valence-corrected chi connectivity index (χ0v) is 21.3. The summed E-state index contributed by atoms with van der Waals surface area (Å²) >= 11 is 5.82. The van der Waals surface area contributed by atoms with E-state index in [1.54, 1.807) is 38.1 Å². The average Bonchev–Trinajstić information content (AvgIpc) is 3.25. The summed E-state index contributed by atoms with van der Waals surface area (Å²) in [6.07, 6.45) is 1.82. The van der Waals surface area contributed by atoms with Crippen molar-refractivity contribution in [1.82, 2.24) is 5.43 Å². The zero-order chi connectivity index (χ0) is 27.4. The van der Waals surface area contributed by atoms with Crippen LogP contribution in [-0.2, 0) is 11.2 Å². The van der Waals surface area contributed by atoms with Crippen LogP contribution in [0.4, 0.5) is 11.4 Å². The minimum Gasteiger partial charge on any atom is -0.462 e. The number of nitro groups is 1. The van der Waals surface area contributed by atoms with E-state index in [1.165, 1.54) is 12.1 Å². The van der Waals surface area contributed by atoms with Crippen LogP contribution in [0.1, 0.15) is 67.9 Å². The molecule has 0 saturated heterocycles. The fraction of sp³-hybridized carbons (Fsp3) is 0.231. The van der Waals surface area contributed by atoms with Crippen molar-refractivity contribution in [2.24, 2.45) is 5.10 Å². The second-order valence-corrected chi connectivity index (χ2v) is 8.79. The number of hydrogen-bond donors (Lipinski definition) is 2. The zero-order valence-electron chi connectivity index (χ0n) is 20.5. The number of anilines is 1. The van der Waals surface area contributed by atoms with Crippen LogP contribution in [0.5, 0.6) is 0 Å². The predicted octanol–water partition coefficient (Wildman–Crippen LogP) is 5.05. The Bertz CT molecular complexity index is 1460. The lowest BCUT2D eigenvalue weighted by Crippen LogP contribution is -2.22. The number of fused-ring (bicyclic) bond motifs is 1. The molecule has 2 aromatic carbocycles. The number of esters is 1. The maximum Gasteiger partial charge on any atom is 0.338 e. The summed E-state index contributed by atoms with van der Waals surface area (Å²) in [5.74, 6) is -0.883. The highest BCUT2D eigenvalue weighted by Crippen LogP contribution is 2.30. The van der Waals surface area contributed by atoms with Crippen LogP contribution in [0.15, 0.2) is 52.0 Å². The van der Waals surface area contributed by atoms with Crippen molar-refractivity contribution in [3.8, 4) is 0 Å². The molecule has 0 aliphatic heterocycles. The van der Waals surface area contributed by atoms with E-state index in [1.807, 2.05) is 0 Å². The van der Waals surface area contributed by atoms with Crippen LogP contribution < -0.4 is 10.7 Å². The Kier molecular flexibility index (Phi) is 7.87. The number of nitrogens with one attached hydrogen (secondary N) is 2. The van der Waals surface area contributed by atoms with Crippen LogP contribution in [0.3, 0.4) is 0 Å². The van der Waals surface area contributed by atoms with Gasteiger partial charge in [-0.05, 0) is 63.1 Å². The normalized spacial score (nSPS) is 13.5. The minimum absolute atomic E-state index is 0.0273. The number of rotatable bonds is 7. The number of hydrazone groups is 1.